The Morgan fingerprint density at radius 3 is 2.00 bits per heavy atom. The van der Waals surface area contributed by atoms with Gasteiger partial charge in [0.25, 0.3) is 0 Å². The summed E-state index contributed by atoms with van der Waals surface area (Å²) in [5.74, 6) is 5.31. The predicted octanol–water partition coefficient (Wildman–Crippen LogP) is 3.62. The lowest BCUT2D eigenvalue weighted by Gasteiger charge is -2.19. The summed E-state index contributed by atoms with van der Waals surface area (Å²) in [7, 11) is 1.59. The molecule has 1 atom stereocenters. The quantitative estimate of drug-likeness (QED) is 0.624. The summed E-state index contributed by atoms with van der Waals surface area (Å²) in [5, 5.41) is 0. The molecule has 0 saturated heterocycles. The molecule has 0 amide bonds. The average Bonchev–Trinajstić information content (AvgIpc) is 2.58. The van der Waals surface area contributed by atoms with Crippen LogP contribution in [0.2, 0.25) is 0 Å². The molecule has 24 heavy (non-hydrogen) atoms. The molecule has 0 saturated carbocycles. The fourth-order valence-electron chi connectivity index (χ4n) is 2.61. The number of ether oxygens (including phenoxy) is 1. The van der Waals surface area contributed by atoms with Crippen LogP contribution < -0.4 is 4.74 Å². The second-order valence-electron chi connectivity index (χ2n) is 5.59. The van der Waals surface area contributed by atoms with Gasteiger partial charge in [-0.05, 0) is 43.7 Å². The topological polar surface area (TPSA) is 43.4 Å². The molecule has 0 aliphatic rings. The minimum atomic E-state index is -0.769. The van der Waals surface area contributed by atoms with E-state index < -0.39 is 11.8 Å². The molecule has 2 aromatic rings. The molecular formula is C21H20O3. The third kappa shape index (κ3) is 4.33. The van der Waals surface area contributed by atoms with Crippen molar-refractivity contribution < 1.29 is 14.3 Å². The molecule has 0 aliphatic heterocycles. The minimum absolute atomic E-state index is 0.175. The number of Topliss-reactive ketones (excluding diaryl/α,β-unsaturated/α-hetero) is 2. The van der Waals surface area contributed by atoms with Gasteiger partial charge in [0.1, 0.15) is 17.3 Å². The normalized spacial score (nSPS) is 11.3. The standard InChI is InChI=1S/C21H20O3/c1-15(22)21(16(2)23)20(14-9-17-7-5-4-6-8-17)18-10-12-19(24-3)13-11-18/h4-8,10-13,20-21H,1-3H3. The first-order valence-electron chi connectivity index (χ1n) is 7.74. The van der Waals surface area contributed by atoms with Crippen molar-refractivity contribution in [1.29, 1.82) is 0 Å². The Kier molecular flexibility index (Phi) is 5.92. The van der Waals surface area contributed by atoms with Gasteiger partial charge in [-0.25, -0.2) is 0 Å². The number of hydrogen-bond donors (Lipinski definition) is 0. The molecular weight excluding hydrogens is 300 g/mol. The van der Waals surface area contributed by atoms with E-state index in [1.54, 1.807) is 7.11 Å². The molecule has 0 N–H and O–H groups in total. The fraction of sp³-hybridized carbons (Fsp3) is 0.238. The minimum Gasteiger partial charge on any atom is -0.497 e. The maximum absolute atomic E-state index is 12.0. The van der Waals surface area contributed by atoms with Gasteiger partial charge >= 0.3 is 0 Å². The summed E-state index contributed by atoms with van der Waals surface area (Å²) >= 11 is 0. The summed E-state index contributed by atoms with van der Waals surface area (Å²) in [4.78, 5) is 24.0. The van der Waals surface area contributed by atoms with Crippen molar-refractivity contribution in [3.8, 4) is 17.6 Å². The van der Waals surface area contributed by atoms with Crippen molar-refractivity contribution in [3.63, 3.8) is 0 Å². The first kappa shape index (κ1) is 17.5. The zero-order valence-electron chi connectivity index (χ0n) is 14.1. The average molecular weight is 320 g/mol. The van der Waals surface area contributed by atoms with E-state index in [0.29, 0.717) is 0 Å². The monoisotopic (exact) mass is 320 g/mol. The molecule has 1 unspecified atom stereocenters. The van der Waals surface area contributed by atoms with E-state index in [-0.39, 0.29) is 11.6 Å². The number of carbonyl (C=O) groups is 2. The van der Waals surface area contributed by atoms with E-state index in [4.69, 9.17) is 4.74 Å². The summed E-state index contributed by atoms with van der Waals surface area (Å²) in [6.45, 7) is 2.87. The van der Waals surface area contributed by atoms with Crippen LogP contribution in [-0.2, 0) is 9.59 Å². The third-order valence-corrected chi connectivity index (χ3v) is 3.83. The van der Waals surface area contributed by atoms with Crippen molar-refractivity contribution >= 4 is 11.6 Å². The van der Waals surface area contributed by atoms with Gasteiger partial charge in [-0.15, -0.1) is 0 Å². The number of rotatable bonds is 5. The zero-order valence-corrected chi connectivity index (χ0v) is 14.1. The van der Waals surface area contributed by atoms with E-state index >= 15 is 0 Å². The molecule has 3 heteroatoms. The van der Waals surface area contributed by atoms with Crippen molar-refractivity contribution in [2.45, 2.75) is 19.8 Å². The molecule has 2 aromatic carbocycles. The Morgan fingerprint density at radius 1 is 0.917 bits per heavy atom. The van der Waals surface area contributed by atoms with E-state index in [1.807, 2.05) is 54.6 Å². The number of methoxy groups -OCH3 is 1. The van der Waals surface area contributed by atoms with Crippen LogP contribution in [0.25, 0.3) is 0 Å². The Hall–Kier alpha value is -2.86. The van der Waals surface area contributed by atoms with Crippen LogP contribution >= 0.6 is 0 Å². The Balaban J connectivity index is 2.46. The Morgan fingerprint density at radius 2 is 1.50 bits per heavy atom. The lowest BCUT2D eigenvalue weighted by Crippen LogP contribution is -2.26. The predicted molar refractivity (Wildman–Crippen MR) is 93.9 cm³/mol. The van der Waals surface area contributed by atoms with Crippen LogP contribution in [0.5, 0.6) is 5.75 Å². The highest BCUT2D eigenvalue weighted by atomic mass is 16.5. The highest BCUT2D eigenvalue weighted by Gasteiger charge is 2.29. The molecule has 0 spiro atoms. The van der Waals surface area contributed by atoms with Gasteiger partial charge in [0.2, 0.25) is 0 Å². The van der Waals surface area contributed by atoms with Gasteiger partial charge in [-0.1, -0.05) is 42.2 Å². The molecule has 3 nitrogen and oxygen atoms in total. The summed E-state index contributed by atoms with van der Waals surface area (Å²) in [6, 6.07) is 16.8. The van der Waals surface area contributed by atoms with Crippen LogP contribution in [-0.4, -0.2) is 18.7 Å². The largest absolute Gasteiger partial charge is 0.497 e. The first-order chi connectivity index (χ1) is 11.5. The van der Waals surface area contributed by atoms with E-state index in [0.717, 1.165) is 16.9 Å². The fourth-order valence-corrected chi connectivity index (χ4v) is 2.61. The maximum atomic E-state index is 12.0. The van der Waals surface area contributed by atoms with Crippen LogP contribution in [0.1, 0.15) is 30.9 Å². The van der Waals surface area contributed by atoms with Gasteiger partial charge in [0, 0.05) is 5.56 Å². The van der Waals surface area contributed by atoms with Gasteiger partial charge in [-0.2, -0.15) is 0 Å². The molecule has 2 rings (SSSR count). The van der Waals surface area contributed by atoms with E-state index in [9.17, 15) is 9.59 Å². The second kappa shape index (κ2) is 8.12. The van der Waals surface area contributed by atoms with Crippen LogP contribution in [0, 0.1) is 17.8 Å². The summed E-state index contributed by atoms with van der Waals surface area (Å²) in [6.07, 6.45) is 0. The smallest absolute Gasteiger partial charge is 0.141 e. The third-order valence-electron chi connectivity index (χ3n) is 3.83. The lowest BCUT2D eigenvalue weighted by atomic mass is 9.81. The van der Waals surface area contributed by atoms with Crippen molar-refractivity contribution in [2.75, 3.05) is 7.11 Å². The molecule has 122 valence electrons. The van der Waals surface area contributed by atoms with E-state index in [2.05, 4.69) is 11.8 Å². The van der Waals surface area contributed by atoms with E-state index in [1.165, 1.54) is 13.8 Å². The Bertz CT molecular complexity index is 750. The molecule has 0 aliphatic carbocycles. The molecule has 0 fully saturated rings. The number of hydrogen-bond acceptors (Lipinski definition) is 3. The number of benzene rings is 2. The molecule has 0 radical (unpaired) electrons. The summed E-state index contributed by atoms with van der Waals surface area (Å²) in [5.41, 5.74) is 1.68. The number of carbonyl (C=O) groups excluding carboxylic acids is 2. The van der Waals surface area contributed by atoms with Gasteiger partial charge in [0.05, 0.1) is 18.9 Å². The van der Waals surface area contributed by atoms with Crippen LogP contribution in [0.15, 0.2) is 54.6 Å². The van der Waals surface area contributed by atoms with Crippen molar-refractivity contribution in [3.05, 3.63) is 65.7 Å². The Labute approximate surface area is 142 Å². The SMILES string of the molecule is COc1ccc(C(C#Cc2ccccc2)C(C(C)=O)C(C)=O)cc1. The first-order valence-corrected chi connectivity index (χ1v) is 7.74. The maximum Gasteiger partial charge on any atom is 0.141 e. The zero-order chi connectivity index (χ0) is 17.5. The van der Waals surface area contributed by atoms with Crippen molar-refractivity contribution in [2.24, 2.45) is 5.92 Å². The van der Waals surface area contributed by atoms with Gasteiger partial charge in [0.15, 0.2) is 0 Å². The summed E-state index contributed by atoms with van der Waals surface area (Å²) < 4.78 is 5.16. The van der Waals surface area contributed by atoms with Gasteiger partial charge in [-0.3, -0.25) is 9.59 Å². The lowest BCUT2D eigenvalue weighted by molar-refractivity contribution is -0.130. The van der Waals surface area contributed by atoms with Crippen molar-refractivity contribution in [1.82, 2.24) is 0 Å². The van der Waals surface area contributed by atoms with Crippen LogP contribution in [0.4, 0.5) is 0 Å². The molecule has 0 aromatic heterocycles. The highest BCUT2D eigenvalue weighted by Crippen LogP contribution is 2.28. The highest BCUT2D eigenvalue weighted by molar-refractivity contribution is 6.01. The van der Waals surface area contributed by atoms with Gasteiger partial charge < -0.3 is 4.74 Å². The molecule has 0 bridgehead atoms. The second-order valence-corrected chi connectivity index (χ2v) is 5.59. The number of ketones is 2. The molecule has 0 heterocycles. The van der Waals surface area contributed by atoms with Crippen LogP contribution in [0.3, 0.4) is 0 Å².